The second kappa shape index (κ2) is 3.39. The van der Waals surface area contributed by atoms with E-state index in [1.807, 2.05) is 20.0 Å². The summed E-state index contributed by atoms with van der Waals surface area (Å²) < 4.78 is 5.75. The highest BCUT2D eigenvalue weighted by atomic mass is 28.4. The van der Waals surface area contributed by atoms with Crippen molar-refractivity contribution in [3.8, 4) is 0 Å². The summed E-state index contributed by atoms with van der Waals surface area (Å²) in [6.45, 7) is 12.2. The van der Waals surface area contributed by atoms with Gasteiger partial charge in [-0.1, -0.05) is 0 Å². The maximum atomic E-state index is 9.69. The predicted molar refractivity (Wildman–Crippen MR) is 53.6 cm³/mol. The van der Waals surface area contributed by atoms with Gasteiger partial charge in [-0.25, -0.2) is 0 Å². The van der Waals surface area contributed by atoms with E-state index in [-0.39, 0.29) is 5.73 Å². The first-order chi connectivity index (χ1) is 4.63. The normalized spacial score (nSPS) is 16.6. The van der Waals surface area contributed by atoms with Gasteiger partial charge in [-0.2, -0.15) is 0 Å². The highest BCUT2D eigenvalue weighted by molar-refractivity contribution is 6.74. The lowest BCUT2D eigenvalue weighted by Gasteiger charge is -2.30. The van der Waals surface area contributed by atoms with Crippen LogP contribution < -0.4 is 0 Å². The van der Waals surface area contributed by atoms with Crippen molar-refractivity contribution < 1.29 is 9.22 Å². The van der Waals surface area contributed by atoms with Crippen LogP contribution in [0.25, 0.3) is 0 Å². The molecule has 0 aromatic heterocycles. The fourth-order valence-electron chi connectivity index (χ4n) is 0.675. The minimum Gasteiger partial charge on any atom is -0.430 e. The van der Waals surface area contributed by atoms with Crippen LogP contribution in [0.3, 0.4) is 0 Å². The third-order valence-corrected chi connectivity index (χ3v) is 4.93. The van der Waals surface area contributed by atoms with E-state index in [9.17, 15) is 4.80 Å². The van der Waals surface area contributed by atoms with Crippen molar-refractivity contribution in [2.45, 2.75) is 45.4 Å². The van der Waals surface area contributed by atoms with Gasteiger partial charge in [0.2, 0.25) is 8.32 Å². The van der Waals surface area contributed by atoms with Crippen molar-refractivity contribution in [3.63, 3.8) is 0 Å². The monoisotopic (exact) mass is 192 g/mol. The molecule has 1 unspecified atom stereocenters. The van der Waals surface area contributed by atoms with Gasteiger partial charge < -0.3 is 9.22 Å². The van der Waals surface area contributed by atoms with Gasteiger partial charge in [0.05, 0.1) is 5.73 Å². The number of hydrogen-bond acceptors (Lipinski definition) is 2. The van der Waals surface area contributed by atoms with Gasteiger partial charge in [-0.05, 0) is 39.7 Å². The largest absolute Gasteiger partial charge is 0.430 e. The van der Waals surface area contributed by atoms with E-state index in [0.717, 1.165) is 0 Å². The van der Waals surface area contributed by atoms with Crippen LogP contribution in [0.1, 0.15) is 6.92 Å². The summed E-state index contributed by atoms with van der Waals surface area (Å²) in [4.78, 5) is 9.69. The Labute approximate surface area is 71.8 Å². The van der Waals surface area contributed by atoms with E-state index in [4.69, 9.17) is 4.43 Å². The molecule has 0 rings (SSSR count). The van der Waals surface area contributed by atoms with Crippen LogP contribution >= 0.6 is 0 Å². The third-order valence-electron chi connectivity index (χ3n) is 1.53. The molecule has 68 valence electrons. The van der Waals surface area contributed by atoms with Crippen LogP contribution in [0.4, 0.5) is 0 Å². The van der Waals surface area contributed by atoms with Crippen LogP contribution in [-0.2, 0) is 4.43 Å². The second-order valence-corrected chi connectivity index (χ2v) is 13.1. The Balaban J connectivity index is 3.99. The molecule has 1 atom stereocenters. The van der Waals surface area contributed by atoms with E-state index < -0.39 is 16.6 Å². The summed E-state index contributed by atoms with van der Waals surface area (Å²) in [5, 5.41) is 0. The lowest BCUT2D eigenvalue weighted by Crippen LogP contribution is -2.46. The Morgan fingerprint density at radius 3 is 1.55 bits per heavy atom. The number of rotatable bonds is 3. The van der Waals surface area contributed by atoms with Gasteiger partial charge in [0.1, 0.15) is 0 Å². The van der Waals surface area contributed by atoms with Crippen molar-refractivity contribution in [3.05, 3.63) is 0 Å². The molecule has 0 aromatic rings. The maximum absolute atomic E-state index is 9.69. The molecule has 4 heteroatoms. The van der Waals surface area contributed by atoms with Crippen molar-refractivity contribution in [1.29, 1.82) is 0 Å². The fraction of sp³-hybridized carbons (Fsp3) is 1.00. The molecule has 2 nitrogen and oxygen atoms in total. The van der Waals surface area contributed by atoms with Crippen LogP contribution in [0.15, 0.2) is 0 Å². The molecule has 0 saturated carbocycles. The van der Waals surface area contributed by atoms with Crippen LogP contribution in [-0.4, -0.2) is 27.2 Å². The minimum atomic E-state index is -2.06. The van der Waals surface area contributed by atoms with Crippen LogP contribution in [0.2, 0.25) is 32.7 Å². The first-order valence-corrected chi connectivity index (χ1v) is 10.5. The molecule has 0 fully saturated rings. The second-order valence-electron chi connectivity index (χ2n) is 4.53. The Morgan fingerprint density at radius 1 is 1.09 bits per heavy atom. The lowest BCUT2D eigenvalue weighted by molar-refractivity contribution is 0.258. The van der Waals surface area contributed by atoms with Gasteiger partial charge in [-0.3, -0.25) is 0 Å². The molecule has 0 bridgehead atoms. The molecular formula is C7H20O2Si2. The molecule has 0 aliphatic carbocycles. The van der Waals surface area contributed by atoms with Crippen molar-refractivity contribution in [2.24, 2.45) is 0 Å². The zero-order valence-electron chi connectivity index (χ0n) is 8.43. The van der Waals surface area contributed by atoms with Crippen molar-refractivity contribution >= 4 is 16.6 Å². The zero-order valence-corrected chi connectivity index (χ0v) is 10.4. The Hall–Kier alpha value is 0.354. The van der Waals surface area contributed by atoms with E-state index in [2.05, 4.69) is 19.6 Å². The highest BCUT2D eigenvalue weighted by Crippen LogP contribution is 2.14. The predicted octanol–water partition coefficient (Wildman–Crippen LogP) is 1.96. The van der Waals surface area contributed by atoms with Crippen LogP contribution in [0, 0.1) is 0 Å². The molecular weight excluding hydrogens is 172 g/mol. The lowest BCUT2D eigenvalue weighted by atomic mass is 10.9. The zero-order chi connectivity index (χ0) is 9.28. The highest BCUT2D eigenvalue weighted by Gasteiger charge is 2.30. The molecule has 0 saturated heterocycles. The van der Waals surface area contributed by atoms with Gasteiger partial charge in [0.15, 0.2) is 8.32 Å². The minimum absolute atomic E-state index is 0.0640. The van der Waals surface area contributed by atoms with E-state index >= 15 is 0 Å². The van der Waals surface area contributed by atoms with Gasteiger partial charge in [-0.15, -0.1) is 0 Å². The molecule has 0 radical (unpaired) electrons. The molecule has 0 amide bonds. The van der Waals surface area contributed by atoms with Gasteiger partial charge >= 0.3 is 0 Å². The summed E-state index contributed by atoms with van der Waals surface area (Å²) in [7, 11) is -3.51. The van der Waals surface area contributed by atoms with E-state index in [1.165, 1.54) is 0 Å². The maximum Gasteiger partial charge on any atom is 0.209 e. The van der Waals surface area contributed by atoms with E-state index in [0.29, 0.717) is 0 Å². The summed E-state index contributed by atoms with van der Waals surface area (Å²) >= 11 is 0. The Kier molecular flexibility index (Phi) is 3.50. The standard InChI is InChI=1S/C7H20O2Si2/c1-7(11(5,6)8)9-10(2,3)4/h7-8H,1-6H3. The Bertz CT molecular complexity index is 123. The van der Waals surface area contributed by atoms with Crippen LogP contribution in [0.5, 0.6) is 0 Å². The summed E-state index contributed by atoms with van der Waals surface area (Å²) in [6, 6.07) is 0. The molecule has 0 aromatic carbocycles. The molecule has 0 aliphatic rings. The molecule has 0 spiro atoms. The SMILES string of the molecule is CC(O[Si](C)(C)C)[Si](C)(C)O. The summed E-state index contributed by atoms with van der Waals surface area (Å²) in [5.41, 5.74) is 0.0640. The smallest absolute Gasteiger partial charge is 0.209 e. The first-order valence-electron chi connectivity index (χ1n) is 4.03. The average Bonchev–Trinajstić information content (AvgIpc) is 1.56. The topological polar surface area (TPSA) is 29.5 Å². The summed E-state index contributed by atoms with van der Waals surface area (Å²) in [5.74, 6) is 0. The quantitative estimate of drug-likeness (QED) is 0.693. The molecule has 0 heterocycles. The number of hydrogen-bond donors (Lipinski definition) is 1. The third kappa shape index (κ3) is 5.61. The van der Waals surface area contributed by atoms with Gasteiger partial charge in [0, 0.05) is 0 Å². The van der Waals surface area contributed by atoms with E-state index in [1.54, 1.807) is 0 Å². The summed E-state index contributed by atoms with van der Waals surface area (Å²) in [6.07, 6.45) is 0. The molecule has 11 heavy (non-hydrogen) atoms. The Morgan fingerprint density at radius 2 is 1.45 bits per heavy atom. The van der Waals surface area contributed by atoms with Gasteiger partial charge in [0.25, 0.3) is 0 Å². The molecule has 1 N–H and O–H groups in total. The first kappa shape index (κ1) is 11.4. The van der Waals surface area contributed by atoms with Crippen molar-refractivity contribution in [1.82, 2.24) is 0 Å². The molecule has 0 aliphatic heterocycles. The average molecular weight is 192 g/mol. The van der Waals surface area contributed by atoms with Crippen molar-refractivity contribution in [2.75, 3.05) is 0 Å². The fourth-order valence-corrected chi connectivity index (χ4v) is 3.95.